The minimum atomic E-state index is 0.106. The number of aromatic nitrogens is 3. The Bertz CT molecular complexity index is 1210. The Kier molecular flexibility index (Phi) is 3.68. The number of benzene rings is 2. The first-order chi connectivity index (χ1) is 14.2. The van der Waals surface area contributed by atoms with E-state index in [0.29, 0.717) is 18.8 Å². The lowest BCUT2D eigenvalue weighted by molar-refractivity contribution is -0.116. The lowest BCUT2D eigenvalue weighted by Crippen LogP contribution is -2.36. The molecule has 4 aromatic rings. The van der Waals surface area contributed by atoms with Gasteiger partial charge in [-0.3, -0.25) is 4.98 Å². The van der Waals surface area contributed by atoms with E-state index in [1.807, 2.05) is 42.6 Å². The van der Waals surface area contributed by atoms with Crippen LogP contribution in [0.4, 0.5) is 11.8 Å². The summed E-state index contributed by atoms with van der Waals surface area (Å²) in [4.78, 5) is 15.9. The van der Waals surface area contributed by atoms with Gasteiger partial charge in [0.25, 0.3) is 6.01 Å². The standard InChI is InChI=1S/C21H19N5O3/c22-21-25-16-8-13(2-4-17(16)29-21)12-1-3-14-15(7-12)24-20(9-23-14)26-10-18-19(11-26)28-6-5-27-18/h1-4,7-9,18-19H,5-6,10-11H2,(H2,22,25)/t18-,19+. The molecule has 2 aromatic heterocycles. The molecule has 0 spiro atoms. The highest BCUT2D eigenvalue weighted by Crippen LogP contribution is 2.29. The first-order valence-corrected chi connectivity index (χ1v) is 9.64. The van der Waals surface area contributed by atoms with Crippen LogP contribution in [0.2, 0.25) is 0 Å². The summed E-state index contributed by atoms with van der Waals surface area (Å²) >= 11 is 0. The van der Waals surface area contributed by atoms with Gasteiger partial charge in [0.15, 0.2) is 5.58 Å². The van der Waals surface area contributed by atoms with Crippen molar-refractivity contribution in [3.05, 3.63) is 42.6 Å². The van der Waals surface area contributed by atoms with Crippen LogP contribution in [0.25, 0.3) is 33.3 Å². The fourth-order valence-electron chi connectivity index (χ4n) is 4.11. The molecule has 0 amide bonds. The van der Waals surface area contributed by atoms with E-state index in [9.17, 15) is 0 Å². The van der Waals surface area contributed by atoms with Gasteiger partial charge in [0, 0.05) is 13.1 Å². The molecule has 0 saturated carbocycles. The fourth-order valence-corrected chi connectivity index (χ4v) is 4.11. The fraction of sp³-hybridized carbons (Fsp3) is 0.286. The van der Waals surface area contributed by atoms with E-state index in [1.165, 1.54) is 0 Å². The summed E-state index contributed by atoms with van der Waals surface area (Å²) in [7, 11) is 0. The summed E-state index contributed by atoms with van der Waals surface area (Å²) in [6.07, 6.45) is 2.03. The summed E-state index contributed by atoms with van der Waals surface area (Å²) in [5, 5.41) is 0. The maximum atomic E-state index is 5.82. The Hall–Kier alpha value is -3.23. The van der Waals surface area contributed by atoms with Crippen molar-refractivity contribution in [2.75, 3.05) is 36.9 Å². The zero-order valence-corrected chi connectivity index (χ0v) is 15.6. The van der Waals surface area contributed by atoms with Crippen LogP contribution in [0.15, 0.2) is 47.0 Å². The van der Waals surface area contributed by atoms with Gasteiger partial charge in [-0.25, -0.2) is 4.98 Å². The van der Waals surface area contributed by atoms with Crippen LogP contribution in [0.3, 0.4) is 0 Å². The third kappa shape index (κ3) is 2.88. The molecule has 6 rings (SSSR count). The molecule has 0 unspecified atom stereocenters. The molecule has 2 atom stereocenters. The molecule has 2 aromatic carbocycles. The van der Waals surface area contributed by atoms with Crippen molar-refractivity contribution in [2.45, 2.75) is 12.2 Å². The first kappa shape index (κ1) is 16.7. The van der Waals surface area contributed by atoms with Gasteiger partial charge in [0.1, 0.15) is 23.5 Å². The maximum absolute atomic E-state index is 5.82. The Labute approximate surface area is 166 Å². The average Bonchev–Trinajstić information content (AvgIpc) is 3.34. The van der Waals surface area contributed by atoms with E-state index in [4.69, 9.17) is 24.6 Å². The molecule has 0 bridgehead atoms. The normalized spacial score (nSPS) is 21.7. The second-order valence-corrected chi connectivity index (χ2v) is 7.39. The van der Waals surface area contributed by atoms with E-state index in [1.54, 1.807) is 0 Å². The summed E-state index contributed by atoms with van der Waals surface area (Å²) in [6, 6.07) is 12.1. The zero-order chi connectivity index (χ0) is 19.4. The zero-order valence-electron chi connectivity index (χ0n) is 15.6. The van der Waals surface area contributed by atoms with Crippen LogP contribution in [-0.4, -0.2) is 53.5 Å². The van der Waals surface area contributed by atoms with E-state index >= 15 is 0 Å². The number of oxazole rings is 1. The van der Waals surface area contributed by atoms with Crippen LogP contribution in [-0.2, 0) is 9.47 Å². The van der Waals surface area contributed by atoms with Gasteiger partial charge in [-0.1, -0.05) is 12.1 Å². The number of nitrogen functional groups attached to an aromatic ring is 1. The van der Waals surface area contributed by atoms with Crippen molar-refractivity contribution in [3.63, 3.8) is 0 Å². The molecule has 8 nitrogen and oxygen atoms in total. The van der Waals surface area contributed by atoms with Crippen molar-refractivity contribution in [1.82, 2.24) is 15.0 Å². The highest BCUT2D eigenvalue weighted by molar-refractivity contribution is 5.86. The van der Waals surface area contributed by atoms with Gasteiger partial charge in [0.2, 0.25) is 0 Å². The van der Waals surface area contributed by atoms with Crippen molar-refractivity contribution in [3.8, 4) is 11.1 Å². The topological polar surface area (TPSA) is 99.5 Å². The molecule has 29 heavy (non-hydrogen) atoms. The molecule has 2 saturated heterocycles. The summed E-state index contributed by atoms with van der Waals surface area (Å²) in [5.41, 5.74) is 10.8. The minimum Gasteiger partial charge on any atom is -0.424 e. The van der Waals surface area contributed by atoms with Gasteiger partial charge in [-0.2, -0.15) is 4.98 Å². The van der Waals surface area contributed by atoms with Crippen molar-refractivity contribution in [1.29, 1.82) is 0 Å². The Morgan fingerprint density at radius 3 is 2.38 bits per heavy atom. The number of fused-ring (bicyclic) bond motifs is 3. The second-order valence-electron chi connectivity index (χ2n) is 7.39. The predicted octanol–water partition coefficient (Wildman–Crippen LogP) is 2.62. The lowest BCUT2D eigenvalue weighted by atomic mass is 10.0. The summed E-state index contributed by atoms with van der Waals surface area (Å²) in [6.45, 7) is 2.86. The molecule has 0 radical (unpaired) electrons. The molecule has 8 heteroatoms. The number of nitrogens with two attached hydrogens (primary N) is 1. The third-order valence-electron chi connectivity index (χ3n) is 5.55. The van der Waals surface area contributed by atoms with E-state index in [2.05, 4.69) is 14.9 Å². The molecular weight excluding hydrogens is 370 g/mol. The molecule has 2 N–H and O–H groups in total. The third-order valence-corrected chi connectivity index (χ3v) is 5.55. The van der Waals surface area contributed by atoms with Gasteiger partial charge >= 0.3 is 0 Å². The largest absolute Gasteiger partial charge is 0.424 e. The molecule has 2 aliphatic rings. The lowest BCUT2D eigenvalue weighted by Gasteiger charge is -2.24. The first-order valence-electron chi connectivity index (χ1n) is 9.64. The van der Waals surface area contributed by atoms with Crippen LogP contribution in [0, 0.1) is 0 Å². The number of anilines is 2. The Balaban J connectivity index is 1.35. The average molecular weight is 389 g/mol. The second kappa shape index (κ2) is 6.40. The van der Waals surface area contributed by atoms with Gasteiger partial charge in [-0.15, -0.1) is 0 Å². The van der Waals surface area contributed by atoms with E-state index < -0.39 is 0 Å². The van der Waals surface area contributed by atoms with Gasteiger partial charge < -0.3 is 24.5 Å². The molecule has 146 valence electrons. The number of hydrogen-bond acceptors (Lipinski definition) is 8. The van der Waals surface area contributed by atoms with Crippen LogP contribution in [0.1, 0.15) is 0 Å². The number of rotatable bonds is 2. The van der Waals surface area contributed by atoms with Gasteiger partial charge in [0.05, 0.1) is 30.4 Å². The molecule has 2 aliphatic heterocycles. The highest BCUT2D eigenvalue weighted by Gasteiger charge is 2.37. The van der Waals surface area contributed by atoms with Crippen molar-refractivity contribution in [2.24, 2.45) is 0 Å². The predicted molar refractivity (Wildman–Crippen MR) is 109 cm³/mol. The highest BCUT2D eigenvalue weighted by atomic mass is 16.6. The monoisotopic (exact) mass is 389 g/mol. The number of nitrogens with zero attached hydrogens (tertiary/aromatic N) is 4. The maximum Gasteiger partial charge on any atom is 0.292 e. The molecule has 0 aliphatic carbocycles. The molecule has 4 heterocycles. The Morgan fingerprint density at radius 1 is 0.862 bits per heavy atom. The molecule has 2 fully saturated rings. The minimum absolute atomic E-state index is 0.106. The Morgan fingerprint density at radius 2 is 1.59 bits per heavy atom. The van der Waals surface area contributed by atoms with Crippen LogP contribution in [0.5, 0.6) is 0 Å². The van der Waals surface area contributed by atoms with Crippen LogP contribution < -0.4 is 10.6 Å². The van der Waals surface area contributed by atoms with Crippen molar-refractivity contribution < 1.29 is 13.9 Å². The SMILES string of the molecule is Nc1nc2cc(-c3ccc4ncc(N5C[C@@H]6OCCO[C@@H]6C5)nc4c3)ccc2o1. The smallest absolute Gasteiger partial charge is 0.292 e. The van der Waals surface area contributed by atoms with E-state index in [0.717, 1.165) is 46.6 Å². The summed E-state index contributed by atoms with van der Waals surface area (Å²) in [5.74, 6) is 0.843. The molecular formula is C21H19N5O3. The quantitative estimate of drug-likeness (QED) is 0.559. The number of hydrogen-bond donors (Lipinski definition) is 1. The number of ether oxygens (including phenoxy) is 2. The van der Waals surface area contributed by atoms with Crippen LogP contribution >= 0.6 is 0 Å². The van der Waals surface area contributed by atoms with Crippen molar-refractivity contribution >= 4 is 34.0 Å². The van der Waals surface area contributed by atoms with Gasteiger partial charge in [-0.05, 0) is 35.4 Å². The summed E-state index contributed by atoms with van der Waals surface area (Å²) < 4.78 is 17.0. The van der Waals surface area contributed by atoms with E-state index in [-0.39, 0.29) is 18.2 Å².